The Morgan fingerprint density at radius 2 is 2.10 bits per heavy atom. The monoisotopic (exact) mass is 374 g/mol. The van der Waals surface area contributed by atoms with Crippen LogP contribution in [0, 0.1) is 12.3 Å². The van der Waals surface area contributed by atoms with Gasteiger partial charge in [0.1, 0.15) is 0 Å². The van der Waals surface area contributed by atoms with Gasteiger partial charge in [-0.1, -0.05) is 37.2 Å². The molecule has 0 fully saturated rings. The van der Waals surface area contributed by atoms with Gasteiger partial charge in [-0.2, -0.15) is 0 Å². The van der Waals surface area contributed by atoms with Crippen LogP contribution in [0.3, 0.4) is 0 Å². The van der Waals surface area contributed by atoms with E-state index >= 15 is 0 Å². The van der Waals surface area contributed by atoms with E-state index in [0.717, 1.165) is 38.2 Å². The lowest BCUT2D eigenvalue weighted by molar-refractivity contribution is 0.318. The molecule has 1 heterocycles. The molecule has 0 amide bonds. The van der Waals surface area contributed by atoms with E-state index in [0.29, 0.717) is 5.41 Å². The molecule has 0 radical (unpaired) electrons. The Labute approximate surface area is 138 Å². The van der Waals surface area contributed by atoms with Gasteiger partial charge in [0.15, 0.2) is 5.17 Å². The summed E-state index contributed by atoms with van der Waals surface area (Å²) in [6, 6.07) is 3.98. The van der Waals surface area contributed by atoms with Crippen LogP contribution >= 0.6 is 39.3 Å². The molecule has 0 aliphatic carbocycles. The Morgan fingerprint density at radius 3 is 2.65 bits per heavy atom. The minimum Gasteiger partial charge on any atom is -0.334 e. The number of halogens is 2. The minimum absolute atomic E-state index is 0.373. The number of rotatable bonds is 3. The minimum atomic E-state index is 0.373. The lowest BCUT2D eigenvalue weighted by atomic mass is 9.84. The van der Waals surface area contributed by atoms with Gasteiger partial charge in [-0.05, 0) is 58.8 Å². The highest BCUT2D eigenvalue weighted by molar-refractivity contribution is 9.10. The van der Waals surface area contributed by atoms with Crippen molar-refractivity contribution in [2.24, 2.45) is 10.4 Å². The number of nitrogens with one attached hydrogen (secondary N) is 1. The maximum atomic E-state index is 6.19. The molecule has 0 saturated carbocycles. The van der Waals surface area contributed by atoms with Crippen molar-refractivity contribution >= 4 is 50.1 Å². The highest BCUT2D eigenvalue weighted by atomic mass is 79.9. The standard InChI is InChI=1S/C15H20BrClN2S/c1-4-15(5-2)8-18-14(20-9-15)19-13-7-12(17)10(3)6-11(13)16/h6-7H,4-5,8-9H2,1-3H3,(H,18,19). The van der Waals surface area contributed by atoms with Crippen molar-refractivity contribution in [2.75, 3.05) is 17.6 Å². The fraction of sp³-hybridized carbons (Fsp3) is 0.533. The van der Waals surface area contributed by atoms with Gasteiger partial charge < -0.3 is 5.32 Å². The first-order chi connectivity index (χ1) is 9.49. The van der Waals surface area contributed by atoms with Gasteiger partial charge in [0.25, 0.3) is 0 Å². The summed E-state index contributed by atoms with van der Waals surface area (Å²) in [5.74, 6) is 1.13. The third kappa shape index (κ3) is 3.52. The Morgan fingerprint density at radius 1 is 1.40 bits per heavy atom. The van der Waals surface area contributed by atoms with E-state index in [9.17, 15) is 0 Å². The quantitative estimate of drug-likeness (QED) is 0.729. The van der Waals surface area contributed by atoms with Crippen LogP contribution in [0.5, 0.6) is 0 Å². The molecule has 0 atom stereocenters. The average Bonchev–Trinajstić information content (AvgIpc) is 2.46. The fourth-order valence-corrected chi connectivity index (χ4v) is 4.16. The molecule has 2 rings (SSSR count). The second-order valence-corrected chi connectivity index (χ2v) is 7.55. The second-order valence-electron chi connectivity index (χ2n) is 5.32. The van der Waals surface area contributed by atoms with Gasteiger partial charge in [-0.3, -0.25) is 4.99 Å². The van der Waals surface area contributed by atoms with E-state index < -0.39 is 0 Å². The Hall–Kier alpha value is -0.190. The van der Waals surface area contributed by atoms with Crippen molar-refractivity contribution in [3.05, 3.63) is 27.2 Å². The number of aliphatic imine (C=N–C) groups is 1. The lowest BCUT2D eigenvalue weighted by Crippen LogP contribution is -2.32. The summed E-state index contributed by atoms with van der Waals surface area (Å²) in [6.45, 7) is 7.43. The summed E-state index contributed by atoms with van der Waals surface area (Å²) < 4.78 is 1.02. The Balaban J connectivity index is 2.13. The van der Waals surface area contributed by atoms with E-state index in [1.165, 1.54) is 12.8 Å². The number of amidine groups is 1. The maximum Gasteiger partial charge on any atom is 0.161 e. The zero-order chi connectivity index (χ0) is 14.8. The van der Waals surface area contributed by atoms with Crippen LogP contribution in [-0.4, -0.2) is 17.5 Å². The third-order valence-electron chi connectivity index (χ3n) is 4.06. The number of hydrogen-bond donors (Lipinski definition) is 1. The number of benzene rings is 1. The molecule has 1 N–H and O–H groups in total. The van der Waals surface area contributed by atoms with Crippen molar-refractivity contribution in [2.45, 2.75) is 33.6 Å². The van der Waals surface area contributed by atoms with E-state index in [4.69, 9.17) is 16.6 Å². The number of aryl methyl sites for hydroxylation is 1. The summed E-state index contributed by atoms with van der Waals surface area (Å²) in [7, 11) is 0. The third-order valence-corrected chi connectivity index (χ3v) is 6.39. The first kappa shape index (κ1) is 16.2. The highest BCUT2D eigenvalue weighted by Crippen LogP contribution is 2.36. The molecular formula is C15H20BrClN2S. The number of hydrogen-bond acceptors (Lipinski definition) is 3. The van der Waals surface area contributed by atoms with Crippen molar-refractivity contribution in [1.29, 1.82) is 0 Å². The van der Waals surface area contributed by atoms with Gasteiger partial charge in [0, 0.05) is 21.8 Å². The molecule has 0 spiro atoms. The molecule has 20 heavy (non-hydrogen) atoms. The van der Waals surface area contributed by atoms with Crippen molar-refractivity contribution in [1.82, 2.24) is 0 Å². The smallest absolute Gasteiger partial charge is 0.161 e. The largest absolute Gasteiger partial charge is 0.334 e. The summed E-state index contributed by atoms with van der Waals surface area (Å²) >= 11 is 11.6. The SMILES string of the molecule is CCC1(CC)CN=C(Nc2cc(Cl)c(C)cc2Br)SC1. The average molecular weight is 376 g/mol. The van der Waals surface area contributed by atoms with Crippen molar-refractivity contribution in [3.63, 3.8) is 0 Å². The molecule has 1 aromatic rings. The summed E-state index contributed by atoms with van der Waals surface area (Å²) in [5.41, 5.74) is 2.42. The molecule has 1 aliphatic rings. The molecular weight excluding hydrogens is 356 g/mol. The molecule has 110 valence electrons. The molecule has 5 heteroatoms. The van der Waals surface area contributed by atoms with Gasteiger partial charge in [-0.25, -0.2) is 0 Å². The topological polar surface area (TPSA) is 24.4 Å². The Bertz CT molecular complexity index is 527. The number of anilines is 1. The maximum absolute atomic E-state index is 6.19. The molecule has 0 saturated heterocycles. The summed E-state index contributed by atoms with van der Waals surface area (Å²) in [5, 5.41) is 5.15. The summed E-state index contributed by atoms with van der Waals surface area (Å²) in [4.78, 5) is 4.72. The van der Waals surface area contributed by atoms with Gasteiger partial charge >= 0.3 is 0 Å². The highest BCUT2D eigenvalue weighted by Gasteiger charge is 2.30. The predicted octanol–water partition coefficient (Wildman–Crippen LogP) is 5.73. The van der Waals surface area contributed by atoms with E-state index in [2.05, 4.69) is 35.1 Å². The predicted molar refractivity (Wildman–Crippen MR) is 95.3 cm³/mol. The van der Waals surface area contributed by atoms with Crippen LogP contribution in [0.2, 0.25) is 5.02 Å². The molecule has 2 nitrogen and oxygen atoms in total. The van der Waals surface area contributed by atoms with Crippen LogP contribution in [0.4, 0.5) is 5.69 Å². The van der Waals surface area contributed by atoms with Crippen molar-refractivity contribution in [3.8, 4) is 0 Å². The first-order valence-electron chi connectivity index (χ1n) is 6.89. The van der Waals surface area contributed by atoms with E-state index in [1.807, 2.05) is 30.8 Å². The van der Waals surface area contributed by atoms with Crippen LogP contribution in [-0.2, 0) is 0 Å². The lowest BCUT2D eigenvalue weighted by Gasteiger charge is -2.33. The number of nitrogens with zero attached hydrogens (tertiary/aromatic N) is 1. The molecule has 1 aromatic carbocycles. The van der Waals surface area contributed by atoms with E-state index in [1.54, 1.807) is 0 Å². The first-order valence-corrected chi connectivity index (χ1v) is 9.05. The molecule has 1 aliphatic heterocycles. The van der Waals surface area contributed by atoms with Crippen LogP contribution < -0.4 is 5.32 Å². The second kappa shape index (κ2) is 6.71. The van der Waals surface area contributed by atoms with Crippen LogP contribution in [0.1, 0.15) is 32.3 Å². The zero-order valence-electron chi connectivity index (χ0n) is 12.1. The van der Waals surface area contributed by atoms with Crippen LogP contribution in [0.25, 0.3) is 0 Å². The molecule has 0 unspecified atom stereocenters. The van der Waals surface area contributed by atoms with Gasteiger partial charge in [0.2, 0.25) is 0 Å². The molecule has 0 bridgehead atoms. The summed E-state index contributed by atoms with van der Waals surface area (Å²) in [6.07, 6.45) is 2.38. The van der Waals surface area contributed by atoms with Gasteiger partial charge in [0.05, 0.1) is 5.69 Å². The normalized spacial score (nSPS) is 17.8. The van der Waals surface area contributed by atoms with Gasteiger partial charge in [-0.15, -0.1) is 0 Å². The zero-order valence-corrected chi connectivity index (χ0v) is 15.3. The van der Waals surface area contributed by atoms with Crippen molar-refractivity contribution < 1.29 is 0 Å². The molecule has 0 aromatic heterocycles. The number of thioether (sulfide) groups is 1. The Kier molecular flexibility index (Phi) is 5.43. The van der Waals surface area contributed by atoms with E-state index in [-0.39, 0.29) is 0 Å². The van der Waals surface area contributed by atoms with Crippen LogP contribution in [0.15, 0.2) is 21.6 Å². The fourth-order valence-electron chi connectivity index (χ4n) is 2.16.